The Morgan fingerprint density at radius 3 is 3.08 bits per heavy atom. The molecule has 0 aliphatic carbocycles. The van der Waals surface area contributed by atoms with E-state index in [-0.39, 0.29) is 18.2 Å². The van der Waals surface area contributed by atoms with E-state index < -0.39 is 0 Å². The normalized spacial score (nSPS) is 20.4. The van der Waals surface area contributed by atoms with Gasteiger partial charge < -0.3 is 14.8 Å². The highest BCUT2D eigenvalue weighted by Gasteiger charge is 2.29. The SMILES string of the molecule is COc1cc(NC(=O)N[C@H]2CCCO[C@@H]2c2cnn(C)c2)ncn1. The van der Waals surface area contributed by atoms with E-state index in [1.807, 2.05) is 13.2 Å². The standard InChI is InChI=1S/C15H20N6O3/c1-21-8-10(7-18-21)14-11(4-3-5-24-14)19-15(22)20-12-6-13(23-2)17-9-16-12/h6-9,11,14H,3-5H2,1-2H3,(H2,16,17,19,20,22)/t11-,14+/m0/s1. The molecule has 2 aromatic heterocycles. The Hall–Kier alpha value is -2.68. The summed E-state index contributed by atoms with van der Waals surface area (Å²) in [6.07, 6.45) is 6.51. The van der Waals surface area contributed by atoms with Crippen LogP contribution >= 0.6 is 0 Å². The number of urea groups is 1. The third kappa shape index (κ3) is 3.80. The average Bonchev–Trinajstić information content (AvgIpc) is 3.01. The van der Waals surface area contributed by atoms with Crippen molar-refractivity contribution in [3.63, 3.8) is 0 Å². The van der Waals surface area contributed by atoms with Crippen molar-refractivity contribution in [2.45, 2.75) is 25.0 Å². The summed E-state index contributed by atoms with van der Waals surface area (Å²) in [5.74, 6) is 0.753. The van der Waals surface area contributed by atoms with Crippen LogP contribution in [0.4, 0.5) is 10.6 Å². The van der Waals surface area contributed by atoms with Crippen LogP contribution in [-0.4, -0.2) is 45.5 Å². The lowest BCUT2D eigenvalue weighted by atomic mass is 9.98. The first-order valence-electron chi connectivity index (χ1n) is 7.69. The second kappa shape index (κ2) is 7.26. The summed E-state index contributed by atoms with van der Waals surface area (Å²) in [6.45, 7) is 0.669. The van der Waals surface area contributed by atoms with Crippen LogP contribution < -0.4 is 15.4 Å². The molecule has 0 radical (unpaired) electrons. The van der Waals surface area contributed by atoms with E-state index in [9.17, 15) is 4.79 Å². The maximum Gasteiger partial charge on any atom is 0.320 e. The highest BCUT2D eigenvalue weighted by Crippen LogP contribution is 2.28. The number of rotatable bonds is 4. The Morgan fingerprint density at radius 2 is 2.33 bits per heavy atom. The zero-order chi connectivity index (χ0) is 16.9. The fraction of sp³-hybridized carbons (Fsp3) is 0.467. The molecule has 1 aliphatic rings. The minimum Gasteiger partial charge on any atom is -0.481 e. The summed E-state index contributed by atoms with van der Waals surface area (Å²) >= 11 is 0. The van der Waals surface area contributed by atoms with E-state index in [0.29, 0.717) is 18.3 Å². The fourth-order valence-corrected chi connectivity index (χ4v) is 2.68. The van der Waals surface area contributed by atoms with Crippen LogP contribution in [0.15, 0.2) is 24.8 Å². The summed E-state index contributed by atoms with van der Waals surface area (Å²) in [6, 6.07) is 1.07. The van der Waals surface area contributed by atoms with Crippen LogP contribution in [0.1, 0.15) is 24.5 Å². The lowest BCUT2D eigenvalue weighted by Gasteiger charge is -2.31. The monoisotopic (exact) mass is 332 g/mol. The summed E-state index contributed by atoms with van der Waals surface area (Å²) in [5, 5.41) is 9.80. The van der Waals surface area contributed by atoms with Crippen molar-refractivity contribution in [2.24, 2.45) is 7.05 Å². The molecule has 0 unspecified atom stereocenters. The molecule has 3 heterocycles. The first-order chi connectivity index (χ1) is 11.7. The smallest absolute Gasteiger partial charge is 0.320 e. The van der Waals surface area contributed by atoms with E-state index >= 15 is 0 Å². The lowest BCUT2D eigenvalue weighted by molar-refractivity contribution is -0.00700. The van der Waals surface area contributed by atoms with Crippen LogP contribution in [0.2, 0.25) is 0 Å². The molecule has 2 aromatic rings. The van der Waals surface area contributed by atoms with Crippen LogP contribution in [0, 0.1) is 0 Å². The Balaban J connectivity index is 1.65. The molecule has 2 atom stereocenters. The number of aromatic nitrogens is 4. The molecule has 9 nitrogen and oxygen atoms in total. The number of nitrogens with one attached hydrogen (secondary N) is 2. The van der Waals surface area contributed by atoms with Crippen LogP contribution in [0.5, 0.6) is 5.88 Å². The second-order valence-corrected chi connectivity index (χ2v) is 5.53. The Morgan fingerprint density at radius 1 is 1.46 bits per heavy atom. The number of carbonyl (C=O) groups is 1. The van der Waals surface area contributed by atoms with Gasteiger partial charge in [0.15, 0.2) is 0 Å². The molecule has 128 valence electrons. The van der Waals surface area contributed by atoms with Gasteiger partial charge in [0.2, 0.25) is 5.88 Å². The van der Waals surface area contributed by atoms with E-state index in [4.69, 9.17) is 9.47 Å². The van der Waals surface area contributed by atoms with Crippen molar-refractivity contribution >= 4 is 11.8 Å². The van der Waals surface area contributed by atoms with Gasteiger partial charge in [0, 0.05) is 31.5 Å². The molecule has 0 spiro atoms. The van der Waals surface area contributed by atoms with Gasteiger partial charge in [-0.05, 0) is 12.8 Å². The van der Waals surface area contributed by atoms with Gasteiger partial charge in [-0.1, -0.05) is 0 Å². The molecule has 1 saturated heterocycles. The van der Waals surface area contributed by atoms with Gasteiger partial charge in [0.25, 0.3) is 0 Å². The van der Waals surface area contributed by atoms with Crippen LogP contribution in [0.3, 0.4) is 0 Å². The highest BCUT2D eigenvalue weighted by molar-refractivity contribution is 5.88. The van der Waals surface area contributed by atoms with Gasteiger partial charge in [0.05, 0.1) is 19.3 Å². The molecular formula is C15H20N6O3. The third-order valence-electron chi connectivity index (χ3n) is 3.78. The predicted molar refractivity (Wildman–Crippen MR) is 85.7 cm³/mol. The number of hydrogen-bond acceptors (Lipinski definition) is 6. The number of hydrogen-bond donors (Lipinski definition) is 2. The molecule has 2 amide bonds. The maximum absolute atomic E-state index is 12.3. The summed E-state index contributed by atoms with van der Waals surface area (Å²) in [7, 11) is 3.36. The van der Waals surface area contributed by atoms with Crippen molar-refractivity contribution < 1.29 is 14.3 Å². The minimum atomic E-state index is -0.347. The Bertz CT molecular complexity index is 704. The van der Waals surface area contributed by atoms with E-state index in [2.05, 4.69) is 25.7 Å². The zero-order valence-electron chi connectivity index (χ0n) is 13.6. The molecule has 9 heteroatoms. The number of nitrogens with zero attached hydrogens (tertiary/aromatic N) is 4. The Kier molecular flexibility index (Phi) is 4.90. The van der Waals surface area contributed by atoms with Gasteiger partial charge in [-0.25, -0.2) is 14.8 Å². The number of amides is 2. The molecule has 0 saturated carbocycles. The van der Waals surface area contributed by atoms with Gasteiger partial charge in [-0.15, -0.1) is 0 Å². The van der Waals surface area contributed by atoms with E-state index in [1.54, 1.807) is 16.9 Å². The van der Waals surface area contributed by atoms with Crippen molar-refractivity contribution in [2.75, 3.05) is 19.0 Å². The fourth-order valence-electron chi connectivity index (χ4n) is 2.68. The topological polar surface area (TPSA) is 103 Å². The second-order valence-electron chi connectivity index (χ2n) is 5.53. The summed E-state index contributed by atoms with van der Waals surface area (Å²) in [4.78, 5) is 20.2. The van der Waals surface area contributed by atoms with Gasteiger partial charge in [0.1, 0.15) is 18.2 Å². The van der Waals surface area contributed by atoms with Crippen molar-refractivity contribution in [1.82, 2.24) is 25.1 Å². The first-order valence-corrected chi connectivity index (χ1v) is 7.69. The molecule has 3 rings (SSSR count). The third-order valence-corrected chi connectivity index (χ3v) is 3.78. The van der Waals surface area contributed by atoms with Gasteiger partial charge in [-0.3, -0.25) is 10.00 Å². The van der Waals surface area contributed by atoms with Gasteiger partial charge in [-0.2, -0.15) is 5.10 Å². The number of methoxy groups -OCH3 is 1. The van der Waals surface area contributed by atoms with E-state index in [0.717, 1.165) is 18.4 Å². The van der Waals surface area contributed by atoms with Crippen molar-refractivity contribution in [3.05, 3.63) is 30.4 Å². The zero-order valence-corrected chi connectivity index (χ0v) is 13.6. The summed E-state index contributed by atoms with van der Waals surface area (Å²) < 4.78 is 12.6. The largest absolute Gasteiger partial charge is 0.481 e. The van der Waals surface area contributed by atoms with Crippen molar-refractivity contribution in [3.8, 4) is 5.88 Å². The minimum absolute atomic E-state index is 0.133. The van der Waals surface area contributed by atoms with Crippen LogP contribution in [0.25, 0.3) is 0 Å². The number of carbonyl (C=O) groups excluding carboxylic acids is 1. The molecule has 0 bridgehead atoms. The Labute approximate surface area is 139 Å². The molecular weight excluding hydrogens is 312 g/mol. The quantitative estimate of drug-likeness (QED) is 0.874. The average molecular weight is 332 g/mol. The van der Waals surface area contributed by atoms with E-state index in [1.165, 1.54) is 13.4 Å². The van der Waals surface area contributed by atoms with Gasteiger partial charge >= 0.3 is 6.03 Å². The number of aryl methyl sites for hydroxylation is 1. The molecule has 2 N–H and O–H groups in total. The number of ether oxygens (including phenoxy) is 2. The molecule has 0 aromatic carbocycles. The van der Waals surface area contributed by atoms with Crippen LogP contribution in [-0.2, 0) is 11.8 Å². The highest BCUT2D eigenvalue weighted by atomic mass is 16.5. The predicted octanol–water partition coefficient (Wildman–Crippen LogP) is 1.26. The molecule has 24 heavy (non-hydrogen) atoms. The molecule has 1 fully saturated rings. The maximum atomic E-state index is 12.3. The number of anilines is 1. The first kappa shape index (κ1) is 16.2. The lowest BCUT2D eigenvalue weighted by Crippen LogP contribution is -2.44. The molecule has 1 aliphatic heterocycles. The summed E-state index contributed by atoms with van der Waals surface area (Å²) in [5.41, 5.74) is 0.950. The van der Waals surface area contributed by atoms with Crippen molar-refractivity contribution in [1.29, 1.82) is 0 Å².